The quantitative estimate of drug-likeness (QED) is 0.865. The summed E-state index contributed by atoms with van der Waals surface area (Å²) in [5, 5.41) is 12.1. The van der Waals surface area contributed by atoms with Crippen molar-refractivity contribution in [3.8, 4) is 6.07 Å². The third kappa shape index (κ3) is 3.70. The summed E-state index contributed by atoms with van der Waals surface area (Å²) in [5.41, 5.74) is 0.337. The molecule has 1 unspecified atom stereocenters. The molecule has 0 amide bonds. The van der Waals surface area contributed by atoms with Crippen molar-refractivity contribution in [1.82, 2.24) is 10.0 Å². The van der Waals surface area contributed by atoms with Gasteiger partial charge in [0.1, 0.15) is 4.90 Å². The highest BCUT2D eigenvalue weighted by molar-refractivity contribution is 7.89. The Morgan fingerprint density at radius 2 is 2.30 bits per heavy atom. The Labute approximate surface area is 124 Å². The van der Waals surface area contributed by atoms with E-state index in [2.05, 4.69) is 10.0 Å². The van der Waals surface area contributed by atoms with Gasteiger partial charge >= 0.3 is 0 Å². The average Bonchev–Trinajstić information content (AvgIpc) is 2.91. The van der Waals surface area contributed by atoms with Gasteiger partial charge in [-0.15, -0.1) is 0 Å². The van der Waals surface area contributed by atoms with E-state index in [1.807, 2.05) is 6.07 Å². The lowest BCUT2D eigenvalue weighted by Crippen LogP contribution is -2.30. The fraction of sp³-hybridized carbons (Fsp3) is 0.462. The van der Waals surface area contributed by atoms with Crippen molar-refractivity contribution in [3.05, 3.63) is 28.8 Å². The SMILES string of the molecule is N#Cc1ccc(S(=O)(=O)NCCC2CCCN2)c(Cl)c1. The van der Waals surface area contributed by atoms with Crippen LogP contribution in [-0.2, 0) is 10.0 Å². The lowest BCUT2D eigenvalue weighted by atomic mass is 10.2. The zero-order valence-electron chi connectivity index (χ0n) is 10.9. The number of halogens is 1. The minimum atomic E-state index is -3.63. The van der Waals surface area contributed by atoms with Gasteiger partial charge in [-0.3, -0.25) is 0 Å². The predicted molar refractivity (Wildman–Crippen MR) is 77.0 cm³/mol. The highest BCUT2D eigenvalue weighted by Crippen LogP contribution is 2.22. The molecule has 0 aliphatic carbocycles. The van der Waals surface area contributed by atoms with Crippen molar-refractivity contribution < 1.29 is 8.42 Å². The number of rotatable bonds is 5. The molecule has 1 atom stereocenters. The van der Waals surface area contributed by atoms with E-state index in [9.17, 15) is 8.42 Å². The number of hydrogen-bond donors (Lipinski definition) is 2. The highest BCUT2D eigenvalue weighted by Gasteiger charge is 2.19. The molecule has 7 heteroatoms. The minimum absolute atomic E-state index is 0.0116. The van der Waals surface area contributed by atoms with Crippen LogP contribution in [-0.4, -0.2) is 27.5 Å². The normalized spacial score (nSPS) is 18.9. The van der Waals surface area contributed by atoms with Crippen molar-refractivity contribution >= 4 is 21.6 Å². The van der Waals surface area contributed by atoms with Gasteiger partial charge < -0.3 is 5.32 Å². The second kappa shape index (κ2) is 6.55. The maximum Gasteiger partial charge on any atom is 0.242 e. The summed E-state index contributed by atoms with van der Waals surface area (Å²) in [6, 6.07) is 6.46. The maximum absolute atomic E-state index is 12.1. The first-order valence-electron chi connectivity index (χ1n) is 6.45. The van der Waals surface area contributed by atoms with Crippen LogP contribution >= 0.6 is 11.6 Å². The Balaban J connectivity index is 2.00. The Morgan fingerprint density at radius 3 is 2.90 bits per heavy atom. The van der Waals surface area contributed by atoms with E-state index < -0.39 is 10.0 Å². The summed E-state index contributed by atoms with van der Waals surface area (Å²) < 4.78 is 26.8. The fourth-order valence-corrected chi connectivity index (χ4v) is 3.83. The molecule has 0 aromatic heterocycles. The Bertz CT molecular complexity index is 619. The van der Waals surface area contributed by atoms with E-state index >= 15 is 0 Å². The average molecular weight is 314 g/mol. The molecule has 1 aliphatic rings. The largest absolute Gasteiger partial charge is 0.314 e. The van der Waals surface area contributed by atoms with Crippen LogP contribution in [0.3, 0.4) is 0 Å². The lowest BCUT2D eigenvalue weighted by molar-refractivity contribution is 0.539. The molecule has 0 radical (unpaired) electrons. The van der Waals surface area contributed by atoms with E-state index in [4.69, 9.17) is 16.9 Å². The first kappa shape index (κ1) is 15.3. The standard InChI is InChI=1S/C13H16ClN3O2S/c14-12-8-10(9-15)3-4-13(12)20(18,19)17-7-5-11-2-1-6-16-11/h3-4,8,11,16-17H,1-2,5-7H2. The summed E-state index contributed by atoms with van der Waals surface area (Å²) in [5.74, 6) is 0. The van der Waals surface area contributed by atoms with Crippen LogP contribution in [0, 0.1) is 11.3 Å². The zero-order valence-corrected chi connectivity index (χ0v) is 12.5. The van der Waals surface area contributed by atoms with Gasteiger partial charge in [0.05, 0.1) is 16.7 Å². The van der Waals surface area contributed by atoms with Gasteiger partial charge in [-0.2, -0.15) is 5.26 Å². The molecule has 1 fully saturated rings. The molecule has 1 aliphatic heterocycles. The number of hydrogen-bond acceptors (Lipinski definition) is 4. The summed E-state index contributed by atoms with van der Waals surface area (Å²) in [4.78, 5) is 0.0116. The van der Waals surface area contributed by atoms with Crippen LogP contribution in [0.5, 0.6) is 0 Å². The van der Waals surface area contributed by atoms with Crippen LogP contribution in [0.15, 0.2) is 23.1 Å². The number of benzene rings is 1. The maximum atomic E-state index is 12.1. The molecule has 0 bridgehead atoms. The zero-order chi connectivity index (χ0) is 14.6. The van der Waals surface area contributed by atoms with Crippen LogP contribution < -0.4 is 10.0 Å². The van der Waals surface area contributed by atoms with E-state index in [0.717, 1.165) is 25.8 Å². The van der Waals surface area contributed by atoms with Crippen LogP contribution in [0.1, 0.15) is 24.8 Å². The molecule has 2 N–H and O–H groups in total. The molecular formula is C13H16ClN3O2S. The third-order valence-corrected chi connectivity index (χ3v) is 5.24. The second-order valence-corrected chi connectivity index (χ2v) is 6.88. The molecule has 108 valence electrons. The molecule has 0 spiro atoms. The Hall–Kier alpha value is -1.13. The van der Waals surface area contributed by atoms with Crippen LogP contribution in [0.2, 0.25) is 5.02 Å². The van der Waals surface area contributed by atoms with Crippen LogP contribution in [0.4, 0.5) is 0 Å². The van der Waals surface area contributed by atoms with Crippen LogP contribution in [0.25, 0.3) is 0 Å². The smallest absolute Gasteiger partial charge is 0.242 e. The number of nitriles is 1. The molecule has 20 heavy (non-hydrogen) atoms. The molecule has 5 nitrogen and oxygen atoms in total. The van der Waals surface area contributed by atoms with Crippen molar-refractivity contribution in [2.45, 2.75) is 30.2 Å². The third-order valence-electron chi connectivity index (χ3n) is 3.30. The molecule has 2 rings (SSSR count). The van der Waals surface area contributed by atoms with Crippen molar-refractivity contribution in [3.63, 3.8) is 0 Å². The van der Waals surface area contributed by atoms with Gasteiger partial charge in [-0.05, 0) is 44.0 Å². The monoisotopic (exact) mass is 313 g/mol. The molecule has 1 aromatic carbocycles. The van der Waals surface area contributed by atoms with Gasteiger partial charge in [0, 0.05) is 12.6 Å². The first-order chi connectivity index (χ1) is 9.53. The summed E-state index contributed by atoms with van der Waals surface area (Å²) >= 11 is 5.92. The summed E-state index contributed by atoms with van der Waals surface area (Å²) in [6.07, 6.45) is 2.98. The summed E-state index contributed by atoms with van der Waals surface area (Å²) in [7, 11) is -3.63. The number of nitrogens with zero attached hydrogens (tertiary/aromatic N) is 1. The molecule has 0 saturated carbocycles. The number of nitrogens with one attached hydrogen (secondary N) is 2. The van der Waals surface area contributed by atoms with E-state index in [-0.39, 0.29) is 9.92 Å². The minimum Gasteiger partial charge on any atom is -0.314 e. The second-order valence-electron chi connectivity index (χ2n) is 4.74. The van der Waals surface area contributed by atoms with Gasteiger partial charge in [-0.25, -0.2) is 13.1 Å². The fourth-order valence-electron chi connectivity index (χ4n) is 2.24. The lowest BCUT2D eigenvalue weighted by Gasteiger charge is -2.12. The first-order valence-corrected chi connectivity index (χ1v) is 8.32. The molecule has 1 heterocycles. The Kier molecular flexibility index (Phi) is 5.00. The van der Waals surface area contributed by atoms with Gasteiger partial charge in [0.25, 0.3) is 0 Å². The predicted octanol–water partition coefficient (Wildman–Crippen LogP) is 1.63. The van der Waals surface area contributed by atoms with Gasteiger partial charge in [0.2, 0.25) is 10.0 Å². The molecule has 1 aromatic rings. The van der Waals surface area contributed by atoms with Crippen molar-refractivity contribution in [2.24, 2.45) is 0 Å². The van der Waals surface area contributed by atoms with Crippen molar-refractivity contribution in [2.75, 3.05) is 13.1 Å². The summed E-state index contributed by atoms with van der Waals surface area (Å²) in [6.45, 7) is 1.37. The Morgan fingerprint density at radius 1 is 1.50 bits per heavy atom. The highest BCUT2D eigenvalue weighted by atomic mass is 35.5. The molecular weight excluding hydrogens is 298 g/mol. The van der Waals surface area contributed by atoms with E-state index in [1.165, 1.54) is 18.2 Å². The van der Waals surface area contributed by atoms with Crippen molar-refractivity contribution in [1.29, 1.82) is 5.26 Å². The van der Waals surface area contributed by atoms with E-state index in [0.29, 0.717) is 18.2 Å². The molecule has 1 saturated heterocycles. The van der Waals surface area contributed by atoms with Gasteiger partial charge in [-0.1, -0.05) is 11.6 Å². The van der Waals surface area contributed by atoms with Gasteiger partial charge in [0.15, 0.2) is 0 Å². The number of sulfonamides is 1. The van der Waals surface area contributed by atoms with E-state index in [1.54, 1.807) is 0 Å². The topological polar surface area (TPSA) is 82.0 Å².